The van der Waals surface area contributed by atoms with Gasteiger partial charge in [0.1, 0.15) is 0 Å². The number of thioether (sulfide) groups is 1. The molecule has 1 nitrogen and oxygen atoms in total. The second-order valence-corrected chi connectivity index (χ2v) is 4.60. The molecular formula is C10H12ClNS. The molecule has 0 spiro atoms. The van der Waals surface area contributed by atoms with Gasteiger partial charge in [0, 0.05) is 21.7 Å². The first-order chi connectivity index (χ1) is 6.31. The fourth-order valence-electron chi connectivity index (χ4n) is 1.60. The van der Waals surface area contributed by atoms with Gasteiger partial charge in [0.25, 0.3) is 0 Å². The minimum absolute atomic E-state index is 0.490. The van der Waals surface area contributed by atoms with Crippen LogP contribution in [-0.4, -0.2) is 12.3 Å². The van der Waals surface area contributed by atoms with Crippen LogP contribution in [0, 0.1) is 0 Å². The van der Waals surface area contributed by atoms with Gasteiger partial charge in [-0.1, -0.05) is 18.5 Å². The van der Waals surface area contributed by atoms with Crippen molar-refractivity contribution in [2.45, 2.75) is 17.9 Å². The van der Waals surface area contributed by atoms with E-state index in [9.17, 15) is 0 Å². The molecule has 0 amide bonds. The molecule has 1 aliphatic heterocycles. The Bertz CT molecular complexity index is 312. The lowest BCUT2D eigenvalue weighted by Gasteiger charge is -2.10. The Hall–Kier alpha value is -0.180. The topological polar surface area (TPSA) is 12.0 Å². The molecule has 13 heavy (non-hydrogen) atoms. The molecule has 0 fully saturated rings. The second-order valence-electron chi connectivity index (χ2n) is 3.10. The van der Waals surface area contributed by atoms with Gasteiger partial charge >= 0.3 is 0 Å². The van der Waals surface area contributed by atoms with Gasteiger partial charge in [-0.25, -0.2) is 0 Å². The number of benzene rings is 1. The van der Waals surface area contributed by atoms with Crippen molar-refractivity contribution in [3.8, 4) is 0 Å². The normalized spacial score (nSPS) is 20.3. The summed E-state index contributed by atoms with van der Waals surface area (Å²) >= 11 is 7.86. The number of hydrogen-bond donors (Lipinski definition) is 1. The Morgan fingerprint density at radius 3 is 3.23 bits per heavy atom. The highest BCUT2D eigenvalue weighted by Gasteiger charge is 2.21. The zero-order valence-corrected chi connectivity index (χ0v) is 9.08. The maximum absolute atomic E-state index is 5.95. The van der Waals surface area contributed by atoms with Crippen LogP contribution >= 0.6 is 23.4 Å². The zero-order chi connectivity index (χ0) is 9.26. The Labute approximate surface area is 87.9 Å². The predicted octanol–water partition coefficient (Wildman–Crippen LogP) is 3.10. The SMILES string of the molecule is CCNC1CSc2ccc(Cl)cc21. The highest BCUT2D eigenvalue weighted by atomic mass is 35.5. The first-order valence-electron chi connectivity index (χ1n) is 4.47. The highest BCUT2D eigenvalue weighted by molar-refractivity contribution is 7.99. The molecule has 0 saturated heterocycles. The van der Waals surface area contributed by atoms with E-state index >= 15 is 0 Å². The van der Waals surface area contributed by atoms with Crippen LogP contribution in [-0.2, 0) is 0 Å². The van der Waals surface area contributed by atoms with Crippen LogP contribution in [0.25, 0.3) is 0 Å². The molecular weight excluding hydrogens is 202 g/mol. The monoisotopic (exact) mass is 213 g/mol. The van der Waals surface area contributed by atoms with E-state index in [1.807, 2.05) is 17.8 Å². The summed E-state index contributed by atoms with van der Waals surface area (Å²) in [6.45, 7) is 3.14. The molecule has 2 rings (SSSR count). The van der Waals surface area contributed by atoms with Gasteiger partial charge in [0.2, 0.25) is 0 Å². The van der Waals surface area contributed by atoms with Gasteiger partial charge < -0.3 is 5.32 Å². The molecule has 70 valence electrons. The van der Waals surface area contributed by atoms with Gasteiger partial charge in [0.05, 0.1) is 0 Å². The second kappa shape index (κ2) is 3.91. The number of rotatable bonds is 2. The van der Waals surface area contributed by atoms with Crippen molar-refractivity contribution in [2.75, 3.05) is 12.3 Å². The molecule has 0 saturated carbocycles. The van der Waals surface area contributed by atoms with Crippen LogP contribution < -0.4 is 5.32 Å². The summed E-state index contributed by atoms with van der Waals surface area (Å²) in [5.41, 5.74) is 1.36. The van der Waals surface area contributed by atoms with Crippen molar-refractivity contribution in [2.24, 2.45) is 0 Å². The molecule has 1 heterocycles. The molecule has 1 aliphatic rings. The van der Waals surface area contributed by atoms with Gasteiger partial charge in [-0.15, -0.1) is 11.8 Å². The summed E-state index contributed by atoms with van der Waals surface area (Å²) in [5, 5.41) is 4.29. The van der Waals surface area contributed by atoms with Crippen molar-refractivity contribution in [1.29, 1.82) is 0 Å². The Morgan fingerprint density at radius 2 is 2.46 bits per heavy atom. The van der Waals surface area contributed by atoms with E-state index in [0.29, 0.717) is 6.04 Å². The van der Waals surface area contributed by atoms with Crippen LogP contribution in [0.5, 0.6) is 0 Å². The highest BCUT2D eigenvalue weighted by Crippen LogP contribution is 2.39. The zero-order valence-electron chi connectivity index (χ0n) is 7.51. The quantitative estimate of drug-likeness (QED) is 0.811. The summed E-state index contributed by atoms with van der Waals surface area (Å²) in [7, 11) is 0. The van der Waals surface area contributed by atoms with Crippen LogP contribution in [0.4, 0.5) is 0 Å². The molecule has 3 heteroatoms. The lowest BCUT2D eigenvalue weighted by Crippen LogP contribution is -2.20. The Balaban J connectivity index is 2.29. The predicted molar refractivity (Wildman–Crippen MR) is 58.6 cm³/mol. The maximum atomic E-state index is 5.95. The molecule has 1 atom stereocenters. The van der Waals surface area contributed by atoms with Gasteiger partial charge in [0.15, 0.2) is 0 Å². The van der Waals surface area contributed by atoms with E-state index < -0.39 is 0 Å². The fourth-order valence-corrected chi connectivity index (χ4v) is 2.96. The fraction of sp³-hybridized carbons (Fsp3) is 0.400. The summed E-state index contributed by atoms with van der Waals surface area (Å²) in [6.07, 6.45) is 0. The summed E-state index contributed by atoms with van der Waals surface area (Å²) in [4.78, 5) is 1.37. The first kappa shape index (κ1) is 9.38. The van der Waals surface area contributed by atoms with Crippen LogP contribution in [0.3, 0.4) is 0 Å². The maximum Gasteiger partial charge on any atom is 0.0427 e. The standard InChI is InChI=1S/C10H12ClNS/c1-2-12-9-6-13-10-4-3-7(11)5-8(9)10/h3-5,9,12H,2,6H2,1H3. The molecule has 0 bridgehead atoms. The average Bonchev–Trinajstić information content (AvgIpc) is 2.49. The Morgan fingerprint density at radius 1 is 1.62 bits per heavy atom. The summed E-state index contributed by atoms with van der Waals surface area (Å²) in [6, 6.07) is 6.63. The van der Waals surface area contributed by atoms with E-state index in [-0.39, 0.29) is 0 Å². The van der Waals surface area contributed by atoms with Crippen molar-refractivity contribution in [3.05, 3.63) is 28.8 Å². The van der Waals surface area contributed by atoms with Crippen LogP contribution in [0.15, 0.2) is 23.1 Å². The average molecular weight is 214 g/mol. The smallest absolute Gasteiger partial charge is 0.0427 e. The third-order valence-electron chi connectivity index (χ3n) is 2.20. The van der Waals surface area contributed by atoms with E-state index in [0.717, 1.165) is 17.3 Å². The third kappa shape index (κ3) is 1.85. The largest absolute Gasteiger partial charge is 0.309 e. The number of fused-ring (bicyclic) bond motifs is 1. The molecule has 0 aliphatic carbocycles. The van der Waals surface area contributed by atoms with Crippen molar-refractivity contribution < 1.29 is 0 Å². The van der Waals surface area contributed by atoms with E-state index in [2.05, 4.69) is 24.4 Å². The van der Waals surface area contributed by atoms with Gasteiger partial charge in [-0.3, -0.25) is 0 Å². The molecule has 0 aromatic heterocycles. The minimum atomic E-state index is 0.490. The van der Waals surface area contributed by atoms with Crippen LogP contribution in [0.1, 0.15) is 18.5 Å². The van der Waals surface area contributed by atoms with Crippen LogP contribution in [0.2, 0.25) is 5.02 Å². The van der Waals surface area contributed by atoms with Gasteiger partial charge in [-0.05, 0) is 30.3 Å². The third-order valence-corrected chi connectivity index (χ3v) is 3.62. The lowest BCUT2D eigenvalue weighted by molar-refractivity contribution is 0.608. The van der Waals surface area contributed by atoms with Crippen molar-refractivity contribution in [1.82, 2.24) is 5.32 Å². The molecule has 0 radical (unpaired) electrons. The summed E-state index contributed by atoms with van der Waals surface area (Å²) in [5.74, 6) is 1.13. The molecule has 1 unspecified atom stereocenters. The molecule has 1 N–H and O–H groups in total. The molecule has 1 aromatic rings. The number of halogens is 1. The van der Waals surface area contributed by atoms with Crippen molar-refractivity contribution >= 4 is 23.4 Å². The van der Waals surface area contributed by atoms with E-state index in [1.54, 1.807) is 0 Å². The summed E-state index contributed by atoms with van der Waals surface area (Å²) < 4.78 is 0. The van der Waals surface area contributed by atoms with Gasteiger partial charge in [-0.2, -0.15) is 0 Å². The first-order valence-corrected chi connectivity index (χ1v) is 5.83. The van der Waals surface area contributed by atoms with E-state index in [1.165, 1.54) is 10.5 Å². The number of nitrogens with one attached hydrogen (secondary N) is 1. The van der Waals surface area contributed by atoms with E-state index in [4.69, 9.17) is 11.6 Å². The van der Waals surface area contributed by atoms with Crippen molar-refractivity contribution in [3.63, 3.8) is 0 Å². The Kier molecular flexibility index (Phi) is 2.82. The number of hydrogen-bond acceptors (Lipinski definition) is 2. The lowest BCUT2D eigenvalue weighted by atomic mass is 10.1. The molecule has 1 aromatic carbocycles. The minimum Gasteiger partial charge on any atom is -0.309 e.